The van der Waals surface area contributed by atoms with E-state index in [1.165, 1.54) is 5.56 Å². The lowest BCUT2D eigenvalue weighted by Crippen LogP contribution is -1.93. The molecule has 1 aromatic carbocycles. The van der Waals surface area contributed by atoms with E-state index in [1.807, 2.05) is 25.4 Å². The van der Waals surface area contributed by atoms with Gasteiger partial charge in [-0.3, -0.25) is 4.99 Å². The lowest BCUT2D eigenvalue weighted by molar-refractivity contribution is 1.45. The SMILES string of the molecule is CN=C(SC)c1ccc(Br)cc1. The smallest absolute Gasteiger partial charge is 0.0970 e. The summed E-state index contributed by atoms with van der Waals surface area (Å²) in [5.74, 6) is 0. The van der Waals surface area contributed by atoms with Crippen molar-refractivity contribution < 1.29 is 0 Å². The molecule has 0 aromatic heterocycles. The Morgan fingerprint density at radius 1 is 1.33 bits per heavy atom. The molecule has 0 aliphatic rings. The highest BCUT2D eigenvalue weighted by molar-refractivity contribution is 9.10. The van der Waals surface area contributed by atoms with Crippen LogP contribution in [-0.2, 0) is 0 Å². The highest BCUT2D eigenvalue weighted by atomic mass is 79.9. The number of benzene rings is 1. The summed E-state index contributed by atoms with van der Waals surface area (Å²) in [5, 5.41) is 1.07. The Bertz CT molecular complexity index is 279. The van der Waals surface area contributed by atoms with Gasteiger partial charge in [0.1, 0.15) is 0 Å². The number of hydrogen-bond donors (Lipinski definition) is 0. The molecule has 64 valence electrons. The fourth-order valence-corrected chi connectivity index (χ4v) is 1.75. The van der Waals surface area contributed by atoms with Crippen LogP contribution in [0.2, 0.25) is 0 Å². The lowest BCUT2D eigenvalue weighted by atomic mass is 10.2. The molecule has 0 unspecified atom stereocenters. The standard InChI is InChI=1S/C9H10BrNS/c1-11-9(12-2)7-3-5-8(10)6-4-7/h3-6H,1-2H3. The van der Waals surface area contributed by atoms with E-state index >= 15 is 0 Å². The molecular weight excluding hydrogens is 234 g/mol. The third kappa shape index (κ3) is 2.35. The minimum Gasteiger partial charge on any atom is -0.281 e. The Balaban J connectivity index is 2.96. The zero-order valence-corrected chi connectivity index (χ0v) is 9.45. The van der Waals surface area contributed by atoms with Crippen molar-refractivity contribution in [2.45, 2.75) is 0 Å². The van der Waals surface area contributed by atoms with Gasteiger partial charge >= 0.3 is 0 Å². The van der Waals surface area contributed by atoms with Crippen LogP contribution in [0.25, 0.3) is 0 Å². The van der Waals surface area contributed by atoms with Crippen molar-refractivity contribution in [3.05, 3.63) is 34.3 Å². The summed E-state index contributed by atoms with van der Waals surface area (Å²) in [4.78, 5) is 4.17. The van der Waals surface area contributed by atoms with Crippen LogP contribution in [0, 0.1) is 0 Å². The summed E-state index contributed by atoms with van der Waals surface area (Å²) in [5.41, 5.74) is 1.17. The van der Waals surface area contributed by atoms with Gasteiger partial charge in [-0.2, -0.15) is 0 Å². The monoisotopic (exact) mass is 243 g/mol. The van der Waals surface area contributed by atoms with Gasteiger partial charge in [0, 0.05) is 17.1 Å². The molecule has 1 rings (SSSR count). The molecule has 0 amide bonds. The van der Waals surface area contributed by atoms with Crippen molar-refractivity contribution in [2.75, 3.05) is 13.3 Å². The van der Waals surface area contributed by atoms with Crippen LogP contribution in [0.1, 0.15) is 5.56 Å². The molecule has 0 aliphatic carbocycles. The topological polar surface area (TPSA) is 12.4 Å². The van der Waals surface area contributed by atoms with Gasteiger partial charge in [-0.15, -0.1) is 11.8 Å². The summed E-state index contributed by atoms with van der Waals surface area (Å²) in [6.07, 6.45) is 2.03. The molecule has 0 aliphatic heterocycles. The largest absolute Gasteiger partial charge is 0.281 e. The van der Waals surface area contributed by atoms with Crippen molar-refractivity contribution >= 4 is 32.7 Å². The van der Waals surface area contributed by atoms with Gasteiger partial charge < -0.3 is 0 Å². The maximum absolute atomic E-state index is 4.17. The van der Waals surface area contributed by atoms with E-state index in [1.54, 1.807) is 11.8 Å². The van der Waals surface area contributed by atoms with E-state index in [0.29, 0.717) is 0 Å². The van der Waals surface area contributed by atoms with Crippen LogP contribution in [0.15, 0.2) is 33.7 Å². The molecule has 12 heavy (non-hydrogen) atoms. The Morgan fingerprint density at radius 2 is 1.92 bits per heavy atom. The molecule has 0 spiro atoms. The van der Waals surface area contributed by atoms with Crippen LogP contribution in [0.4, 0.5) is 0 Å². The molecule has 1 aromatic rings. The zero-order valence-electron chi connectivity index (χ0n) is 7.04. The predicted molar refractivity (Wildman–Crippen MR) is 60.1 cm³/mol. The fraction of sp³-hybridized carbons (Fsp3) is 0.222. The number of nitrogens with zero attached hydrogens (tertiary/aromatic N) is 1. The van der Waals surface area contributed by atoms with Crippen LogP contribution in [0.5, 0.6) is 0 Å². The highest BCUT2D eigenvalue weighted by Crippen LogP contribution is 2.14. The van der Waals surface area contributed by atoms with Crippen LogP contribution >= 0.6 is 27.7 Å². The molecule has 0 saturated heterocycles. The van der Waals surface area contributed by atoms with Gasteiger partial charge in [0.15, 0.2) is 0 Å². The quantitative estimate of drug-likeness (QED) is 0.546. The first kappa shape index (κ1) is 9.81. The van der Waals surface area contributed by atoms with E-state index in [4.69, 9.17) is 0 Å². The summed E-state index contributed by atoms with van der Waals surface area (Å²) in [7, 11) is 1.81. The van der Waals surface area contributed by atoms with Crippen LogP contribution in [0.3, 0.4) is 0 Å². The first-order valence-corrected chi connectivity index (χ1v) is 5.56. The number of thioether (sulfide) groups is 1. The number of aliphatic imine (C=N–C) groups is 1. The van der Waals surface area contributed by atoms with Crippen molar-refractivity contribution in [3.8, 4) is 0 Å². The minimum atomic E-state index is 1.07. The number of rotatable bonds is 1. The molecule has 3 heteroatoms. The van der Waals surface area contributed by atoms with Gasteiger partial charge in [0.05, 0.1) is 5.04 Å². The van der Waals surface area contributed by atoms with Crippen molar-refractivity contribution in [1.29, 1.82) is 0 Å². The Hall–Kier alpha value is -0.280. The maximum Gasteiger partial charge on any atom is 0.0970 e. The Morgan fingerprint density at radius 3 is 2.33 bits per heavy atom. The summed E-state index contributed by atoms with van der Waals surface area (Å²) in [6.45, 7) is 0. The van der Waals surface area contributed by atoms with E-state index in [-0.39, 0.29) is 0 Å². The molecule has 0 heterocycles. The van der Waals surface area contributed by atoms with E-state index in [0.717, 1.165) is 9.52 Å². The predicted octanol–water partition coefficient (Wildman–Crippen LogP) is 3.19. The van der Waals surface area contributed by atoms with Gasteiger partial charge in [-0.05, 0) is 18.4 Å². The number of halogens is 1. The average Bonchev–Trinajstić information content (AvgIpc) is 2.10. The second-order valence-corrected chi connectivity index (χ2v) is 3.95. The second-order valence-electron chi connectivity index (χ2n) is 2.24. The lowest BCUT2D eigenvalue weighted by Gasteiger charge is -2.01. The molecule has 0 fully saturated rings. The molecule has 0 N–H and O–H groups in total. The summed E-state index contributed by atoms with van der Waals surface area (Å²) >= 11 is 5.06. The first-order chi connectivity index (χ1) is 5.77. The molecular formula is C9H10BrNS. The third-order valence-electron chi connectivity index (χ3n) is 1.49. The van der Waals surface area contributed by atoms with Gasteiger partial charge in [-0.1, -0.05) is 28.1 Å². The van der Waals surface area contributed by atoms with Crippen LogP contribution < -0.4 is 0 Å². The fourth-order valence-electron chi connectivity index (χ4n) is 0.931. The molecule has 0 saturated carbocycles. The Labute approximate surface area is 85.4 Å². The molecule has 1 nitrogen and oxygen atoms in total. The summed E-state index contributed by atoms with van der Waals surface area (Å²) < 4.78 is 1.10. The Kier molecular flexibility index (Phi) is 3.82. The van der Waals surface area contributed by atoms with E-state index in [9.17, 15) is 0 Å². The first-order valence-electron chi connectivity index (χ1n) is 3.54. The van der Waals surface area contributed by atoms with Gasteiger partial charge in [-0.25, -0.2) is 0 Å². The normalized spacial score (nSPS) is 11.8. The van der Waals surface area contributed by atoms with Crippen LogP contribution in [-0.4, -0.2) is 18.3 Å². The van der Waals surface area contributed by atoms with Gasteiger partial charge in [0.25, 0.3) is 0 Å². The van der Waals surface area contributed by atoms with Crippen molar-refractivity contribution in [1.82, 2.24) is 0 Å². The van der Waals surface area contributed by atoms with Crippen molar-refractivity contribution in [2.24, 2.45) is 4.99 Å². The number of hydrogen-bond acceptors (Lipinski definition) is 2. The molecule has 0 radical (unpaired) electrons. The summed E-state index contributed by atoms with van der Waals surface area (Å²) in [6, 6.07) is 8.17. The van der Waals surface area contributed by atoms with Gasteiger partial charge in [0.2, 0.25) is 0 Å². The zero-order chi connectivity index (χ0) is 8.97. The highest BCUT2D eigenvalue weighted by Gasteiger charge is 1.98. The third-order valence-corrected chi connectivity index (χ3v) is 2.82. The average molecular weight is 244 g/mol. The molecule has 0 atom stereocenters. The van der Waals surface area contributed by atoms with E-state index < -0.39 is 0 Å². The second kappa shape index (κ2) is 4.67. The minimum absolute atomic E-state index is 1.07. The maximum atomic E-state index is 4.17. The van der Waals surface area contributed by atoms with E-state index in [2.05, 4.69) is 33.1 Å². The van der Waals surface area contributed by atoms with Crippen molar-refractivity contribution in [3.63, 3.8) is 0 Å². The molecule has 0 bridgehead atoms.